The number of amides is 2. The summed E-state index contributed by atoms with van der Waals surface area (Å²) >= 11 is 2.60. The van der Waals surface area contributed by atoms with Crippen LogP contribution >= 0.6 is 23.1 Å². The van der Waals surface area contributed by atoms with Gasteiger partial charge in [-0.3, -0.25) is 14.5 Å². The first kappa shape index (κ1) is 27.9. The number of oxime groups is 1. The van der Waals surface area contributed by atoms with Crippen LogP contribution in [0.1, 0.15) is 24.6 Å². The van der Waals surface area contributed by atoms with E-state index in [2.05, 4.69) is 22.4 Å². The van der Waals surface area contributed by atoms with Gasteiger partial charge in [-0.25, -0.2) is 9.78 Å². The highest BCUT2D eigenvalue weighted by Gasteiger charge is 2.56. The Hall–Kier alpha value is -3.62. The van der Waals surface area contributed by atoms with Crippen molar-refractivity contribution in [2.75, 3.05) is 32.3 Å². The molecule has 14 heteroatoms. The summed E-state index contributed by atoms with van der Waals surface area (Å²) in [6.07, 6.45) is 0.556. The molecule has 2 fully saturated rings. The van der Waals surface area contributed by atoms with Gasteiger partial charge >= 0.3 is 5.97 Å². The number of anilines is 1. The third-order valence-corrected chi connectivity index (χ3v) is 8.88. The van der Waals surface area contributed by atoms with Crippen molar-refractivity contribution in [2.24, 2.45) is 11.1 Å². The molecule has 2 amide bonds. The van der Waals surface area contributed by atoms with Crippen molar-refractivity contribution in [3.8, 4) is 5.75 Å². The van der Waals surface area contributed by atoms with Crippen molar-refractivity contribution in [3.05, 3.63) is 52.2 Å². The van der Waals surface area contributed by atoms with Crippen LogP contribution in [-0.2, 0) is 35.3 Å². The summed E-state index contributed by atoms with van der Waals surface area (Å²) in [5.41, 5.74) is 7.52. The lowest BCUT2D eigenvalue weighted by atomic mass is 9.94. The van der Waals surface area contributed by atoms with E-state index in [0.29, 0.717) is 18.1 Å². The minimum atomic E-state index is -0.886. The predicted molar refractivity (Wildman–Crippen MR) is 148 cm³/mol. The second-order valence-corrected chi connectivity index (χ2v) is 11.4. The Morgan fingerprint density at radius 1 is 1.27 bits per heavy atom. The smallest absolute Gasteiger partial charge is 0.355 e. The molecule has 3 aliphatic rings. The molecule has 0 saturated carbocycles. The van der Waals surface area contributed by atoms with Gasteiger partial charge in [-0.1, -0.05) is 24.2 Å². The summed E-state index contributed by atoms with van der Waals surface area (Å²) in [5.74, 6) is -0.365. The number of hydrogen-bond acceptors (Lipinski definition) is 12. The Kier molecular flexibility index (Phi) is 8.28. The van der Waals surface area contributed by atoms with E-state index in [-0.39, 0.29) is 40.9 Å². The topological polar surface area (TPSA) is 155 Å². The molecule has 1 aromatic heterocycles. The van der Waals surface area contributed by atoms with E-state index < -0.39 is 29.2 Å². The van der Waals surface area contributed by atoms with Crippen molar-refractivity contribution < 1.29 is 33.4 Å². The Morgan fingerprint density at radius 2 is 2.05 bits per heavy atom. The standard InChI is InChI=1S/C26H29N5O7S2/c1-13-8-9-37-21(13)16-11-39-24-19(29-22(32)18(30-36-3)17-12-40-26(27)28-17)23(33)31(24)20(16)25(34)38-10-14-4-6-15(35-2)7-5-14/h4-7,12-13,19,21,24H,8-11H2,1-3H3,(H2,27,28)(H,29,32)/t13-,19-,21+,24-/m1/s1. The fourth-order valence-corrected chi connectivity index (χ4v) is 6.77. The summed E-state index contributed by atoms with van der Waals surface area (Å²) in [7, 11) is 2.88. The van der Waals surface area contributed by atoms with Gasteiger partial charge in [-0.15, -0.1) is 23.1 Å². The van der Waals surface area contributed by atoms with Gasteiger partial charge < -0.3 is 30.1 Å². The zero-order valence-electron chi connectivity index (χ0n) is 22.1. The first-order chi connectivity index (χ1) is 19.3. The summed E-state index contributed by atoms with van der Waals surface area (Å²) in [5, 5.41) is 7.83. The lowest BCUT2D eigenvalue weighted by Crippen LogP contribution is -2.71. The Balaban J connectivity index is 1.36. The summed E-state index contributed by atoms with van der Waals surface area (Å²) in [4.78, 5) is 50.4. The van der Waals surface area contributed by atoms with E-state index in [1.807, 2.05) is 0 Å². The highest BCUT2D eigenvalue weighted by Crippen LogP contribution is 2.44. The molecule has 3 N–H and O–H groups in total. The molecule has 0 spiro atoms. The lowest BCUT2D eigenvalue weighted by Gasteiger charge is -2.50. The summed E-state index contributed by atoms with van der Waals surface area (Å²) in [6.45, 7) is 2.66. The predicted octanol–water partition coefficient (Wildman–Crippen LogP) is 1.91. The maximum Gasteiger partial charge on any atom is 0.355 e. The highest BCUT2D eigenvalue weighted by molar-refractivity contribution is 8.00. The average Bonchev–Trinajstić information content (AvgIpc) is 3.60. The van der Waals surface area contributed by atoms with Crippen LogP contribution in [-0.4, -0.2) is 77.5 Å². The van der Waals surface area contributed by atoms with E-state index in [4.69, 9.17) is 24.8 Å². The molecule has 0 bridgehead atoms. The molecule has 212 valence electrons. The minimum absolute atomic E-state index is 0.0221. The van der Waals surface area contributed by atoms with Gasteiger partial charge in [0.2, 0.25) is 0 Å². The molecule has 1 aromatic carbocycles. The number of hydrogen-bond donors (Lipinski definition) is 2. The fraction of sp³-hybridized carbons (Fsp3) is 0.423. The molecule has 0 radical (unpaired) electrons. The maximum atomic E-state index is 13.5. The lowest BCUT2D eigenvalue weighted by molar-refractivity contribution is -0.153. The van der Waals surface area contributed by atoms with E-state index in [9.17, 15) is 14.4 Å². The molecule has 40 heavy (non-hydrogen) atoms. The number of thioether (sulfide) groups is 1. The van der Waals surface area contributed by atoms with Crippen LogP contribution in [0.4, 0.5) is 5.13 Å². The summed E-state index contributed by atoms with van der Waals surface area (Å²) in [6, 6.07) is 6.28. The van der Waals surface area contributed by atoms with Crippen LogP contribution in [0.2, 0.25) is 0 Å². The first-order valence-corrected chi connectivity index (χ1v) is 14.5. The third-order valence-electron chi connectivity index (χ3n) is 6.90. The number of nitrogen functional groups attached to an aromatic ring is 1. The van der Waals surface area contributed by atoms with Gasteiger partial charge in [-0.2, -0.15) is 0 Å². The molecule has 2 aromatic rings. The molecular weight excluding hydrogens is 558 g/mol. The average molecular weight is 588 g/mol. The molecule has 0 unspecified atom stereocenters. The van der Waals surface area contributed by atoms with Gasteiger partial charge in [0.25, 0.3) is 11.8 Å². The van der Waals surface area contributed by atoms with Crippen LogP contribution in [0.25, 0.3) is 0 Å². The van der Waals surface area contributed by atoms with Crippen LogP contribution in [0.3, 0.4) is 0 Å². The normalized spacial score (nSPS) is 24.3. The van der Waals surface area contributed by atoms with Crippen LogP contribution < -0.4 is 15.8 Å². The fourth-order valence-electron chi connectivity index (χ4n) is 4.83. The molecule has 4 heterocycles. The van der Waals surface area contributed by atoms with Gasteiger partial charge in [0.1, 0.15) is 42.3 Å². The van der Waals surface area contributed by atoms with Crippen molar-refractivity contribution in [2.45, 2.75) is 37.5 Å². The number of nitrogens with one attached hydrogen (secondary N) is 1. The molecule has 3 aliphatic heterocycles. The number of carbonyl (C=O) groups excluding carboxylic acids is 3. The number of fused-ring (bicyclic) bond motifs is 1. The van der Waals surface area contributed by atoms with Crippen LogP contribution in [0.15, 0.2) is 46.1 Å². The number of β-lactam (4-membered cyclic amide) rings is 1. The van der Waals surface area contributed by atoms with Crippen molar-refractivity contribution in [3.63, 3.8) is 0 Å². The van der Waals surface area contributed by atoms with E-state index in [1.165, 1.54) is 23.8 Å². The molecule has 12 nitrogen and oxygen atoms in total. The van der Waals surface area contributed by atoms with E-state index in [1.54, 1.807) is 36.8 Å². The second kappa shape index (κ2) is 11.9. The largest absolute Gasteiger partial charge is 0.497 e. The van der Waals surface area contributed by atoms with Gasteiger partial charge in [-0.05, 0) is 35.6 Å². The molecular formula is C26H29N5O7S2. The number of nitrogens with two attached hydrogens (primary N) is 1. The minimum Gasteiger partial charge on any atom is -0.497 e. The van der Waals surface area contributed by atoms with Gasteiger partial charge in [0.15, 0.2) is 10.8 Å². The molecule has 0 aliphatic carbocycles. The zero-order chi connectivity index (χ0) is 28.4. The number of benzene rings is 1. The Bertz CT molecular complexity index is 1360. The number of methoxy groups -OCH3 is 1. The number of rotatable bonds is 9. The van der Waals surface area contributed by atoms with E-state index in [0.717, 1.165) is 28.9 Å². The number of thiazole rings is 1. The number of nitrogens with zero attached hydrogens (tertiary/aromatic N) is 3. The van der Waals surface area contributed by atoms with E-state index >= 15 is 0 Å². The number of carbonyl (C=O) groups is 3. The third kappa shape index (κ3) is 5.38. The number of ether oxygens (including phenoxy) is 3. The monoisotopic (exact) mass is 587 g/mol. The number of aromatic nitrogens is 1. The highest BCUT2D eigenvalue weighted by atomic mass is 32.2. The zero-order valence-corrected chi connectivity index (χ0v) is 23.8. The van der Waals surface area contributed by atoms with Crippen molar-refractivity contribution >= 4 is 51.7 Å². The first-order valence-electron chi connectivity index (χ1n) is 12.5. The Labute approximate surface area is 238 Å². The molecule has 2 saturated heterocycles. The van der Waals surface area contributed by atoms with Gasteiger partial charge in [0, 0.05) is 17.7 Å². The second-order valence-electron chi connectivity index (χ2n) is 9.41. The SMILES string of the molecule is CON=C(C(=O)N[C@@H]1C(=O)N2C(C(=O)OCc3ccc(OC)cc3)=C([C@H]3OCC[C@H]3C)CS[C@H]12)c1csc(N)n1. The quantitative estimate of drug-likeness (QED) is 0.192. The summed E-state index contributed by atoms with van der Waals surface area (Å²) < 4.78 is 16.8. The van der Waals surface area contributed by atoms with Crippen LogP contribution in [0.5, 0.6) is 5.75 Å². The van der Waals surface area contributed by atoms with Crippen molar-refractivity contribution in [1.29, 1.82) is 0 Å². The molecule has 4 atom stereocenters. The van der Waals surface area contributed by atoms with Crippen LogP contribution in [0, 0.1) is 5.92 Å². The van der Waals surface area contributed by atoms with Gasteiger partial charge in [0.05, 0.1) is 13.2 Å². The Morgan fingerprint density at radius 3 is 2.67 bits per heavy atom. The maximum absolute atomic E-state index is 13.5. The molecule has 5 rings (SSSR count). The van der Waals surface area contributed by atoms with Crippen molar-refractivity contribution in [1.82, 2.24) is 15.2 Å². The number of esters is 1.